The van der Waals surface area contributed by atoms with E-state index in [1.54, 1.807) is 0 Å². The Morgan fingerprint density at radius 1 is 1.55 bits per heavy atom. The Bertz CT molecular complexity index is 233. The molecule has 0 saturated carbocycles. The lowest BCUT2D eigenvalue weighted by atomic mass is 10.2. The quantitative estimate of drug-likeness (QED) is 0.698. The van der Waals surface area contributed by atoms with Crippen LogP contribution in [0.5, 0.6) is 0 Å². The zero-order valence-electron chi connectivity index (χ0n) is 6.39. The average molecular weight is 168 g/mol. The first-order valence-corrected chi connectivity index (χ1v) is 5.03. The van der Waals surface area contributed by atoms with Gasteiger partial charge in [0.05, 0.1) is 0 Å². The molecule has 3 heteroatoms. The van der Waals surface area contributed by atoms with Crippen LogP contribution in [-0.2, 0) is 17.9 Å². The lowest BCUT2D eigenvalue weighted by molar-refractivity contribution is 0.928. The number of hydrogen-bond acceptors (Lipinski definition) is 2. The highest BCUT2D eigenvalue weighted by atomic mass is 32.2. The standard InChI is InChI=1S/C8H12N2S/c9-2-1-7-3-6-4-11-5-8(6)10-7/h3,10H,1-2,4-5,9H2. The predicted molar refractivity (Wildman–Crippen MR) is 48.6 cm³/mol. The SMILES string of the molecule is NCCc1cc2c([nH]1)CSC2. The second kappa shape index (κ2) is 2.91. The molecule has 0 radical (unpaired) electrons. The van der Waals surface area contributed by atoms with Gasteiger partial charge in [-0.25, -0.2) is 0 Å². The largest absolute Gasteiger partial charge is 0.361 e. The highest BCUT2D eigenvalue weighted by Crippen LogP contribution is 2.29. The van der Waals surface area contributed by atoms with Gasteiger partial charge in [0, 0.05) is 22.9 Å². The molecule has 0 aromatic carbocycles. The first-order chi connectivity index (χ1) is 5.40. The van der Waals surface area contributed by atoms with Crippen molar-refractivity contribution >= 4 is 11.8 Å². The lowest BCUT2D eigenvalue weighted by Crippen LogP contribution is -2.02. The number of H-pyrrole nitrogens is 1. The van der Waals surface area contributed by atoms with Crippen molar-refractivity contribution in [1.82, 2.24) is 4.98 Å². The second-order valence-corrected chi connectivity index (χ2v) is 3.82. The number of hydrogen-bond donors (Lipinski definition) is 2. The minimum Gasteiger partial charge on any atom is -0.361 e. The number of thioether (sulfide) groups is 1. The van der Waals surface area contributed by atoms with Gasteiger partial charge >= 0.3 is 0 Å². The van der Waals surface area contributed by atoms with Crippen molar-refractivity contribution in [3.63, 3.8) is 0 Å². The molecule has 2 nitrogen and oxygen atoms in total. The fourth-order valence-electron chi connectivity index (χ4n) is 1.42. The number of nitrogens with two attached hydrogens (primary N) is 1. The van der Waals surface area contributed by atoms with Crippen LogP contribution in [0.25, 0.3) is 0 Å². The van der Waals surface area contributed by atoms with E-state index >= 15 is 0 Å². The van der Waals surface area contributed by atoms with E-state index in [-0.39, 0.29) is 0 Å². The van der Waals surface area contributed by atoms with E-state index in [1.165, 1.54) is 22.7 Å². The topological polar surface area (TPSA) is 41.8 Å². The van der Waals surface area contributed by atoms with Crippen molar-refractivity contribution in [2.45, 2.75) is 17.9 Å². The zero-order valence-corrected chi connectivity index (χ0v) is 7.21. The minimum atomic E-state index is 0.743. The van der Waals surface area contributed by atoms with Crippen LogP contribution in [0.15, 0.2) is 6.07 Å². The highest BCUT2D eigenvalue weighted by molar-refractivity contribution is 7.98. The Kier molecular flexibility index (Phi) is 1.92. The van der Waals surface area contributed by atoms with E-state index in [1.807, 2.05) is 11.8 Å². The zero-order chi connectivity index (χ0) is 7.68. The number of nitrogens with one attached hydrogen (secondary N) is 1. The van der Waals surface area contributed by atoms with Gasteiger partial charge in [0.25, 0.3) is 0 Å². The first-order valence-electron chi connectivity index (χ1n) is 3.87. The fraction of sp³-hybridized carbons (Fsp3) is 0.500. The third kappa shape index (κ3) is 1.30. The predicted octanol–water partition coefficient (Wildman–Crippen LogP) is 1.26. The molecule has 0 amide bonds. The summed E-state index contributed by atoms with van der Waals surface area (Å²) in [6.45, 7) is 0.743. The third-order valence-corrected chi connectivity index (χ3v) is 2.97. The maximum Gasteiger partial charge on any atom is 0.0342 e. The maximum atomic E-state index is 5.45. The van der Waals surface area contributed by atoms with Crippen molar-refractivity contribution in [2.24, 2.45) is 5.73 Å². The summed E-state index contributed by atoms with van der Waals surface area (Å²) in [5.41, 5.74) is 9.66. The van der Waals surface area contributed by atoms with Crippen LogP contribution in [0.4, 0.5) is 0 Å². The monoisotopic (exact) mass is 168 g/mol. The number of aromatic nitrogens is 1. The van der Waals surface area contributed by atoms with Crippen LogP contribution in [0.3, 0.4) is 0 Å². The van der Waals surface area contributed by atoms with Gasteiger partial charge in [-0.2, -0.15) is 11.8 Å². The Morgan fingerprint density at radius 3 is 3.18 bits per heavy atom. The van der Waals surface area contributed by atoms with Crippen LogP contribution in [0.2, 0.25) is 0 Å². The summed E-state index contributed by atoms with van der Waals surface area (Å²) in [4.78, 5) is 3.39. The molecule has 11 heavy (non-hydrogen) atoms. The Labute approximate surface area is 70.6 Å². The van der Waals surface area contributed by atoms with Gasteiger partial charge in [0.1, 0.15) is 0 Å². The summed E-state index contributed by atoms with van der Waals surface area (Å²) >= 11 is 1.97. The molecule has 0 aliphatic carbocycles. The molecular formula is C8H12N2S. The molecule has 0 saturated heterocycles. The van der Waals surface area contributed by atoms with Gasteiger partial charge in [-0.05, 0) is 24.6 Å². The minimum absolute atomic E-state index is 0.743. The van der Waals surface area contributed by atoms with Gasteiger partial charge in [0.15, 0.2) is 0 Å². The molecular weight excluding hydrogens is 156 g/mol. The Balaban J connectivity index is 2.20. The molecule has 0 fully saturated rings. The number of rotatable bonds is 2. The Hall–Kier alpha value is -0.410. The maximum absolute atomic E-state index is 5.45. The van der Waals surface area contributed by atoms with Gasteiger partial charge in [-0.1, -0.05) is 0 Å². The van der Waals surface area contributed by atoms with E-state index < -0.39 is 0 Å². The molecule has 3 N–H and O–H groups in total. The summed E-state index contributed by atoms with van der Waals surface area (Å²) in [7, 11) is 0. The highest BCUT2D eigenvalue weighted by Gasteiger charge is 2.13. The number of aromatic amines is 1. The van der Waals surface area contributed by atoms with Gasteiger partial charge in [0.2, 0.25) is 0 Å². The van der Waals surface area contributed by atoms with Crippen molar-refractivity contribution < 1.29 is 0 Å². The smallest absolute Gasteiger partial charge is 0.0342 e. The molecule has 0 spiro atoms. The third-order valence-electron chi connectivity index (χ3n) is 1.97. The van der Waals surface area contributed by atoms with Crippen molar-refractivity contribution in [2.75, 3.05) is 6.54 Å². The fourth-order valence-corrected chi connectivity index (χ4v) is 2.46. The van der Waals surface area contributed by atoms with Crippen LogP contribution < -0.4 is 5.73 Å². The average Bonchev–Trinajstić information content (AvgIpc) is 2.46. The second-order valence-electron chi connectivity index (χ2n) is 2.83. The molecule has 0 atom stereocenters. The van der Waals surface area contributed by atoms with E-state index in [0.717, 1.165) is 18.7 Å². The molecule has 2 heterocycles. The van der Waals surface area contributed by atoms with Crippen molar-refractivity contribution in [3.05, 3.63) is 23.0 Å². The van der Waals surface area contributed by atoms with E-state index in [2.05, 4.69) is 11.1 Å². The van der Waals surface area contributed by atoms with Crippen molar-refractivity contribution in [3.8, 4) is 0 Å². The van der Waals surface area contributed by atoms with Crippen LogP contribution in [0, 0.1) is 0 Å². The van der Waals surface area contributed by atoms with Crippen molar-refractivity contribution in [1.29, 1.82) is 0 Å². The van der Waals surface area contributed by atoms with Gasteiger partial charge in [-0.3, -0.25) is 0 Å². The van der Waals surface area contributed by atoms with Crippen LogP contribution >= 0.6 is 11.8 Å². The summed E-state index contributed by atoms with van der Waals surface area (Å²) in [5.74, 6) is 2.33. The van der Waals surface area contributed by atoms with E-state index in [4.69, 9.17) is 5.73 Å². The molecule has 1 aromatic heterocycles. The summed E-state index contributed by atoms with van der Waals surface area (Å²) < 4.78 is 0. The summed E-state index contributed by atoms with van der Waals surface area (Å²) in [6, 6.07) is 2.25. The van der Waals surface area contributed by atoms with E-state index in [9.17, 15) is 0 Å². The van der Waals surface area contributed by atoms with Gasteiger partial charge in [-0.15, -0.1) is 0 Å². The molecule has 2 rings (SSSR count). The van der Waals surface area contributed by atoms with Crippen LogP contribution in [-0.4, -0.2) is 11.5 Å². The number of fused-ring (bicyclic) bond motifs is 1. The molecule has 0 bridgehead atoms. The lowest BCUT2D eigenvalue weighted by Gasteiger charge is -1.92. The summed E-state index contributed by atoms with van der Waals surface area (Å²) in [6.07, 6.45) is 0.984. The van der Waals surface area contributed by atoms with Crippen LogP contribution in [0.1, 0.15) is 17.0 Å². The van der Waals surface area contributed by atoms with E-state index in [0.29, 0.717) is 0 Å². The molecule has 0 unspecified atom stereocenters. The van der Waals surface area contributed by atoms with Gasteiger partial charge < -0.3 is 10.7 Å². The molecule has 1 aliphatic heterocycles. The molecule has 60 valence electrons. The first kappa shape index (κ1) is 7.25. The Morgan fingerprint density at radius 2 is 2.45 bits per heavy atom. The normalized spacial score (nSPS) is 15.4. The summed E-state index contributed by atoms with van der Waals surface area (Å²) in [5, 5.41) is 0. The molecule has 1 aromatic rings. The molecule has 1 aliphatic rings.